The van der Waals surface area contributed by atoms with Gasteiger partial charge in [-0.2, -0.15) is 0 Å². The minimum Gasteiger partial charge on any atom is -0.441 e. The van der Waals surface area contributed by atoms with Crippen molar-refractivity contribution in [2.45, 2.75) is 19.8 Å². The standard InChI is InChI=1S/C16H21N3O2/c1-12-14(11-15(20)18-10-6-9-17-2)19-16(21-12)13-7-4-3-5-8-13/h3-5,7-8,17H,6,9-11H2,1-2H3,(H,18,20). The molecule has 0 fully saturated rings. The van der Waals surface area contributed by atoms with Crippen molar-refractivity contribution in [3.8, 4) is 11.5 Å². The summed E-state index contributed by atoms with van der Waals surface area (Å²) in [5.74, 6) is 1.23. The van der Waals surface area contributed by atoms with E-state index in [4.69, 9.17) is 4.42 Å². The highest BCUT2D eigenvalue weighted by molar-refractivity contribution is 5.78. The number of rotatable bonds is 7. The molecular formula is C16H21N3O2. The number of benzene rings is 1. The lowest BCUT2D eigenvalue weighted by atomic mass is 10.2. The SMILES string of the molecule is CNCCCNC(=O)Cc1nc(-c2ccccc2)oc1C. The zero-order valence-corrected chi connectivity index (χ0v) is 12.5. The number of oxazole rings is 1. The summed E-state index contributed by atoms with van der Waals surface area (Å²) >= 11 is 0. The number of nitrogens with one attached hydrogen (secondary N) is 2. The second kappa shape index (κ2) is 7.59. The van der Waals surface area contributed by atoms with E-state index in [9.17, 15) is 4.79 Å². The third kappa shape index (κ3) is 4.43. The van der Waals surface area contributed by atoms with Crippen molar-refractivity contribution in [1.82, 2.24) is 15.6 Å². The van der Waals surface area contributed by atoms with Crippen molar-refractivity contribution in [2.75, 3.05) is 20.1 Å². The lowest BCUT2D eigenvalue weighted by molar-refractivity contribution is -0.120. The van der Waals surface area contributed by atoms with Crippen molar-refractivity contribution in [2.24, 2.45) is 0 Å². The van der Waals surface area contributed by atoms with Gasteiger partial charge in [0, 0.05) is 12.1 Å². The maximum atomic E-state index is 11.9. The zero-order chi connectivity index (χ0) is 15.1. The second-order valence-corrected chi connectivity index (χ2v) is 4.87. The van der Waals surface area contributed by atoms with Gasteiger partial charge in [0.25, 0.3) is 0 Å². The van der Waals surface area contributed by atoms with Crippen LogP contribution < -0.4 is 10.6 Å². The van der Waals surface area contributed by atoms with Gasteiger partial charge in [0.05, 0.1) is 12.1 Å². The molecule has 0 saturated heterocycles. The summed E-state index contributed by atoms with van der Waals surface area (Å²) < 4.78 is 5.64. The summed E-state index contributed by atoms with van der Waals surface area (Å²) in [6.45, 7) is 3.40. The number of aryl methyl sites for hydroxylation is 1. The Morgan fingerprint density at radius 1 is 1.24 bits per heavy atom. The van der Waals surface area contributed by atoms with Gasteiger partial charge in [0.1, 0.15) is 5.76 Å². The molecule has 5 nitrogen and oxygen atoms in total. The molecule has 0 saturated carbocycles. The normalized spacial score (nSPS) is 10.6. The molecular weight excluding hydrogens is 266 g/mol. The Morgan fingerprint density at radius 2 is 2.00 bits per heavy atom. The Balaban J connectivity index is 1.95. The zero-order valence-electron chi connectivity index (χ0n) is 12.5. The summed E-state index contributed by atoms with van der Waals surface area (Å²) in [6.07, 6.45) is 1.16. The minimum atomic E-state index is -0.0258. The summed E-state index contributed by atoms with van der Waals surface area (Å²) in [7, 11) is 1.89. The van der Waals surface area contributed by atoms with Crippen LogP contribution in [0, 0.1) is 6.92 Å². The fraction of sp³-hybridized carbons (Fsp3) is 0.375. The highest BCUT2D eigenvalue weighted by Crippen LogP contribution is 2.21. The van der Waals surface area contributed by atoms with Gasteiger partial charge in [0.2, 0.25) is 11.8 Å². The third-order valence-electron chi connectivity index (χ3n) is 3.17. The number of carbonyl (C=O) groups is 1. The highest BCUT2D eigenvalue weighted by atomic mass is 16.4. The van der Waals surface area contributed by atoms with Crippen molar-refractivity contribution < 1.29 is 9.21 Å². The number of nitrogens with zero attached hydrogens (tertiary/aromatic N) is 1. The van der Waals surface area contributed by atoms with Crippen LogP contribution >= 0.6 is 0 Å². The number of hydrogen-bond acceptors (Lipinski definition) is 4. The monoisotopic (exact) mass is 287 g/mol. The number of aromatic nitrogens is 1. The number of hydrogen-bond donors (Lipinski definition) is 2. The van der Waals surface area contributed by atoms with Gasteiger partial charge in [-0.3, -0.25) is 4.79 Å². The Hall–Kier alpha value is -2.14. The highest BCUT2D eigenvalue weighted by Gasteiger charge is 2.14. The average molecular weight is 287 g/mol. The third-order valence-corrected chi connectivity index (χ3v) is 3.17. The fourth-order valence-corrected chi connectivity index (χ4v) is 2.00. The lowest BCUT2D eigenvalue weighted by Gasteiger charge is -2.03. The van der Waals surface area contributed by atoms with Crippen molar-refractivity contribution in [3.63, 3.8) is 0 Å². The molecule has 0 aliphatic heterocycles. The number of carbonyl (C=O) groups excluding carboxylic acids is 1. The maximum Gasteiger partial charge on any atom is 0.226 e. The van der Waals surface area contributed by atoms with Crippen LogP contribution in [0.1, 0.15) is 17.9 Å². The molecule has 21 heavy (non-hydrogen) atoms. The molecule has 1 aromatic carbocycles. The molecule has 112 valence electrons. The first-order chi connectivity index (χ1) is 10.2. The van der Waals surface area contributed by atoms with Gasteiger partial charge in [-0.25, -0.2) is 4.98 Å². The predicted molar refractivity (Wildman–Crippen MR) is 81.9 cm³/mol. The van der Waals surface area contributed by atoms with Crippen LogP contribution in [0.15, 0.2) is 34.7 Å². The molecule has 0 radical (unpaired) electrons. The molecule has 5 heteroatoms. The van der Waals surface area contributed by atoms with Gasteiger partial charge >= 0.3 is 0 Å². The van der Waals surface area contributed by atoms with Crippen LogP contribution in [-0.4, -0.2) is 31.0 Å². The largest absolute Gasteiger partial charge is 0.441 e. The van der Waals surface area contributed by atoms with Gasteiger partial charge in [-0.05, 0) is 39.1 Å². The molecule has 0 spiro atoms. The topological polar surface area (TPSA) is 67.2 Å². The summed E-state index contributed by atoms with van der Waals surface area (Å²) in [5.41, 5.74) is 1.61. The molecule has 1 amide bonds. The Morgan fingerprint density at radius 3 is 2.71 bits per heavy atom. The summed E-state index contributed by atoms with van der Waals surface area (Å²) in [4.78, 5) is 16.3. The molecule has 1 heterocycles. The second-order valence-electron chi connectivity index (χ2n) is 4.87. The van der Waals surface area contributed by atoms with Gasteiger partial charge < -0.3 is 15.1 Å². The molecule has 0 aliphatic carbocycles. The Bertz CT molecular complexity index is 578. The van der Waals surface area contributed by atoms with Gasteiger partial charge in [-0.1, -0.05) is 18.2 Å². The number of amides is 1. The van der Waals surface area contributed by atoms with E-state index < -0.39 is 0 Å². The van der Waals surface area contributed by atoms with Gasteiger partial charge in [0.15, 0.2) is 0 Å². The van der Waals surface area contributed by atoms with E-state index in [1.807, 2.05) is 44.3 Å². The van der Waals surface area contributed by atoms with Crippen LogP contribution in [0.4, 0.5) is 0 Å². The quantitative estimate of drug-likeness (QED) is 0.764. The average Bonchev–Trinajstić information content (AvgIpc) is 2.86. The Kier molecular flexibility index (Phi) is 5.51. The smallest absolute Gasteiger partial charge is 0.226 e. The van der Waals surface area contributed by atoms with Crippen LogP contribution in [-0.2, 0) is 11.2 Å². The molecule has 2 aromatic rings. The van der Waals surface area contributed by atoms with Crippen LogP contribution in [0.3, 0.4) is 0 Å². The van der Waals surface area contributed by atoms with Crippen LogP contribution in [0.2, 0.25) is 0 Å². The fourth-order valence-electron chi connectivity index (χ4n) is 2.00. The van der Waals surface area contributed by atoms with E-state index in [0.717, 1.165) is 18.5 Å². The molecule has 2 N–H and O–H groups in total. The van der Waals surface area contributed by atoms with Crippen molar-refractivity contribution in [3.05, 3.63) is 41.8 Å². The van der Waals surface area contributed by atoms with E-state index in [1.165, 1.54) is 0 Å². The van der Waals surface area contributed by atoms with E-state index in [2.05, 4.69) is 15.6 Å². The predicted octanol–water partition coefficient (Wildman–Crippen LogP) is 1.92. The summed E-state index contributed by atoms with van der Waals surface area (Å²) in [5, 5.41) is 5.92. The molecule has 0 unspecified atom stereocenters. The molecule has 1 aromatic heterocycles. The van der Waals surface area contributed by atoms with E-state index in [1.54, 1.807) is 0 Å². The maximum absolute atomic E-state index is 11.9. The van der Waals surface area contributed by atoms with Crippen LogP contribution in [0.25, 0.3) is 11.5 Å². The first-order valence-corrected chi connectivity index (χ1v) is 7.13. The van der Waals surface area contributed by atoms with Crippen molar-refractivity contribution >= 4 is 5.91 Å². The minimum absolute atomic E-state index is 0.0258. The molecule has 0 atom stereocenters. The molecule has 0 bridgehead atoms. The van der Waals surface area contributed by atoms with Gasteiger partial charge in [-0.15, -0.1) is 0 Å². The Labute approximate surface area is 124 Å². The van der Waals surface area contributed by atoms with Crippen molar-refractivity contribution in [1.29, 1.82) is 0 Å². The van der Waals surface area contributed by atoms with E-state index in [-0.39, 0.29) is 12.3 Å². The van der Waals surface area contributed by atoms with Crippen LogP contribution in [0.5, 0.6) is 0 Å². The molecule has 0 aliphatic rings. The molecule has 2 rings (SSSR count). The summed E-state index contributed by atoms with van der Waals surface area (Å²) in [6, 6.07) is 9.69. The first-order valence-electron chi connectivity index (χ1n) is 7.13. The first kappa shape index (κ1) is 15.3. The van der Waals surface area contributed by atoms with E-state index in [0.29, 0.717) is 23.9 Å². The van der Waals surface area contributed by atoms with E-state index >= 15 is 0 Å². The lowest BCUT2D eigenvalue weighted by Crippen LogP contribution is -2.28.